The van der Waals surface area contributed by atoms with Gasteiger partial charge in [0.15, 0.2) is 6.04 Å². The molecule has 0 aliphatic carbocycles. The molecule has 14 atom stereocenters. The SMILES string of the molecule is CCC=CC[C@@H](C)[C@H]1ON2C(=O)[C@H](C(C)C)N(C)C(=O)[C@H](CC(C)C)N(C)C(=O)[C@H](CC(C)C)N(C)C(=O)[C@@H](C)NC(=O)[C@H](C)NC(=O)[C@H](CC(C)C)N(C)C(=O)[C@H](C(C)C)NC(=O)[C@H]([C@@H](C)OCCCCN3CCOCC3)N(C)C(=O)[C@@H](C)N(C)C(=O)[C@H](CC)NC(=O)[C@H]12. The van der Waals surface area contributed by atoms with Gasteiger partial charge in [-0.3, -0.25) is 62.5 Å². The van der Waals surface area contributed by atoms with Gasteiger partial charge < -0.3 is 60.1 Å². The molecule has 0 saturated carbocycles. The molecule has 0 radical (unpaired) electrons. The number of nitrogens with one attached hydrogen (secondary N) is 4. The highest BCUT2D eigenvalue weighted by Crippen LogP contribution is 2.34. The van der Waals surface area contributed by atoms with Gasteiger partial charge in [0.05, 0.1) is 19.3 Å². The second kappa shape index (κ2) is 38.6. The number of allylic oxidation sites excluding steroid dienone is 2. The fourth-order valence-corrected chi connectivity index (χ4v) is 12.5. The predicted octanol–water partition coefficient (Wildman–Crippen LogP) is 3.84. The Kier molecular flexibility index (Phi) is 33.7. The molecule has 0 unspecified atom stereocenters. The third-order valence-corrected chi connectivity index (χ3v) is 18.7. The molecule has 3 heterocycles. The molecule has 3 fully saturated rings. The minimum absolute atomic E-state index is 0.0528. The van der Waals surface area contributed by atoms with Crippen LogP contribution in [-0.4, -0.2) is 265 Å². The van der Waals surface area contributed by atoms with Crippen molar-refractivity contribution in [1.82, 2.24) is 60.6 Å². The summed E-state index contributed by atoms with van der Waals surface area (Å²) in [5.74, 6) is -9.27. The Morgan fingerprint density at radius 1 is 0.505 bits per heavy atom. The topological polar surface area (TPSA) is 289 Å². The summed E-state index contributed by atoms with van der Waals surface area (Å²) in [4.78, 5) is 179. The number of rotatable bonds is 20. The second-order valence-electron chi connectivity index (χ2n) is 28.6. The first-order valence-electron chi connectivity index (χ1n) is 34.8. The van der Waals surface area contributed by atoms with Crippen molar-refractivity contribution in [2.24, 2.45) is 35.5 Å². The highest BCUT2D eigenvalue weighted by atomic mass is 16.7. The maximum Gasteiger partial charge on any atom is 0.270 e. The number of morpholine rings is 1. The summed E-state index contributed by atoms with van der Waals surface area (Å²) in [7, 11) is 8.67. The average Bonchev–Trinajstić information content (AvgIpc) is 0.758. The van der Waals surface area contributed by atoms with Gasteiger partial charge in [0, 0.05) is 62.0 Å². The van der Waals surface area contributed by atoms with Crippen molar-refractivity contribution >= 4 is 65.0 Å². The number of carbonyl (C=O) groups is 11. The number of carbonyl (C=O) groups excluding carboxylic acids is 11. The van der Waals surface area contributed by atoms with Crippen LogP contribution in [0, 0.1) is 35.5 Å². The molecular weight excluding hydrogens is 1220 g/mol. The number of hydrogen-bond donors (Lipinski definition) is 4. The van der Waals surface area contributed by atoms with Gasteiger partial charge in [-0.15, -0.1) is 0 Å². The van der Waals surface area contributed by atoms with E-state index in [-0.39, 0.29) is 56.0 Å². The summed E-state index contributed by atoms with van der Waals surface area (Å²) >= 11 is 0. The number of ether oxygens (including phenoxy) is 2. The molecule has 26 nitrogen and oxygen atoms in total. The average molecular weight is 1340 g/mol. The number of nitrogens with zero attached hydrogens (tertiary/aromatic N) is 8. The van der Waals surface area contributed by atoms with Gasteiger partial charge in [-0.25, -0.2) is 5.06 Å². The number of unbranched alkanes of at least 4 members (excludes halogenated alkanes) is 1. The Morgan fingerprint density at radius 2 is 1.02 bits per heavy atom. The van der Waals surface area contributed by atoms with Gasteiger partial charge in [0.25, 0.3) is 5.91 Å². The van der Waals surface area contributed by atoms with Crippen LogP contribution in [0.15, 0.2) is 12.2 Å². The largest absolute Gasteiger partial charge is 0.379 e. The summed E-state index contributed by atoms with van der Waals surface area (Å²) in [6, 6.07) is -13.6. The van der Waals surface area contributed by atoms with Crippen molar-refractivity contribution in [3.05, 3.63) is 12.2 Å². The summed E-state index contributed by atoms with van der Waals surface area (Å²) in [6.45, 7) is 33.8. The molecule has 0 aromatic rings. The van der Waals surface area contributed by atoms with E-state index in [4.69, 9.17) is 14.3 Å². The van der Waals surface area contributed by atoms with E-state index < -0.39 is 155 Å². The molecule has 0 aromatic heterocycles. The first-order chi connectivity index (χ1) is 44.4. The van der Waals surface area contributed by atoms with E-state index in [1.54, 1.807) is 41.5 Å². The van der Waals surface area contributed by atoms with Crippen molar-refractivity contribution in [3.8, 4) is 0 Å². The van der Waals surface area contributed by atoms with Crippen molar-refractivity contribution in [2.45, 2.75) is 248 Å². The monoisotopic (exact) mass is 1340 g/mol. The Morgan fingerprint density at radius 3 is 1.55 bits per heavy atom. The van der Waals surface area contributed by atoms with Crippen LogP contribution < -0.4 is 21.3 Å². The maximum absolute atomic E-state index is 15.2. The lowest BCUT2D eigenvalue weighted by Gasteiger charge is -2.50. The smallest absolute Gasteiger partial charge is 0.270 e. The molecular formula is C69H122N12O14. The van der Waals surface area contributed by atoms with E-state index in [1.165, 1.54) is 92.5 Å². The lowest BCUT2D eigenvalue weighted by Crippen LogP contribution is -2.72. The highest BCUT2D eigenvalue weighted by molar-refractivity contribution is 6.00. The van der Waals surface area contributed by atoms with Crippen LogP contribution in [0.3, 0.4) is 0 Å². The number of likely N-dealkylation sites (N-methyl/N-ethyl adjacent to an activating group) is 6. The number of fused-ring (bicyclic) bond motifs is 1. The number of hydrogen-bond acceptors (Lipinski definition) is 15. The molecule has 11 amide bonds. The van der Waals surface area contributed by atoms with E-state index in [1.807, 2.05) is 67.5 Å². The standard InChI is InChI=1S/C69H122N12O14/c1-24-26-27-30-45(13)58-57-62(85)72-50(25-2)65(88)74(18)48(16)64(87)79(23)56(49(17)94-34-29-28-31-80-32-35-93-36-33-80)61(84)73-54(43(9)10)68(91)75(19)51(37-40(3)4)60(83)70-46(14)59(82)71-47(15)63(86)76(20)52(38-41(5)6)66(89)77(21)53(39-42(7)8)67(90)78(22)55(44(11)12)69(92)81(57)95-58/h26-27,40-58H,24-25,28-39H2,1-23H3,(H,70,83)(H,71,82)(H,72,85)(H,73,84)/t45-,46+,47-,48-,49-,50+,51+,52+,53+,54+,55+,56+,57+,58-/m1/s1. The van der Waals surface area contributed by atoms with Gasteiger partial charge in [0.2, 0.25) is 59.1 Å². The normalized spacial score (nSPS) is 28.5. The molecule has 95 heavy (non-hydrogen) atoms. The fraction of sp³-hybridized carbons (Fsp3) is 0.812. The third kappa shape index (κ3) is 22.7. The van der Waals surface area contributed by atoms with Gasteiger partial charge >= 0.3 is 0 Å². The van der Waals surface area contributed by atoms with Crippen LogP contribution in [0.4, 0.5) is 0 Å². The zero-order valence-corrected chi connectivity index (χ0v) is 61.8. The molecule has 4 N–H and O–H groups in total. The maximum atomic E-state index is 15.2. The van der Waals surface area contributed by atoms with Gasteiger partial charge in [-0.05, 0) is 121 Å². The van der Waals surface area contributed by atoms with Gasteiger partial charge in [-0.2, -0.15) is 0 Å². The van der Waals surface area contributed by atoms with Crippen molar-refractivity contribution in [2.75, 3.05) is 81.7 Å². The Bertz CT molecular complexity index is 2610. The van der Waals surface area contributed by atoms with Crippen molar-refractivity contribution in [1.29, 1.82) is 0 Å². The van der Waals surface area contributed by atoms with Crippen LogP contribution >= 0.6 is 0 Å². The summed E-state index contributed by atoms with van der Waals surface area (Å²) < 4.78 is 11.9. The molecule has 3 rings (SSSR count). The molecule has 0 aromatic carbocycles. The summed E-state index contributed by atoms with van der Waals surface area (Å²) in [5.41, 5.74) is 0. The first kappa shape index (κ1) is 83.0. The summed E-state index contributed by atoms with van der Waals surface area (Å²) in [5, 5.41) is 12.2. The third-order valence-electron chi connectivity index (χ3n) is 18.7. The zero-order chi connectivity index (χ0) is 72.2. The van der Waals surface area contributed by atoms with Crippen LogP contribution in [0.1, 0.15) is 169 Å². The summed E-state index contributed by atoms with van der Waals surface area (Å²) in [6.07, 6.45) is 5.27. The molecule has 542 valence electrons. The van der Waals surface area contributed by atoms with E-state index in [9.17, 15) is 33.6 Å². The lowest BCUT2D eigenvalue weighted by atomic mass is 9.89. The van der Waals surface area contributed by atoms with Gasteiger partial charge in [0.1, 0.15) is 66.5 Å². The van der Waals surface area contributed by atoms with Crippen LogP contribution in [0.2, 0.25) is 0 Å². The molecule has 26 heteroatoms. The van der Waals surface area contributed by atoms with Crippen LogP contribution in [0.5, 0.6) is 0 Å². The highest BCUT2D eigenvalue weighted by Gasteiger charge is 2.55. The number of hydroxylamine groups is 2. The van der Waals surface area contributed by atoms with Crippen LogP contribution in [-0.2, 0) is 67.1 Å². The van der Waals surface area contributed by atoms with Gasteiger partial charge in [-0.1, -0.05) is 102 Å². The minimum Gasteiger partial charge on any atom is -0.379 e. The number of amides is 11. The molecule has 0 bridgehead atoms. The minimum atomic E-state index is -1.38. The molecule has 3 saturated heterocycles. The van der Waals surface area contributed by atoms with Crippen LogP contribution in [0.25, 0.3) is 0 Å². The first-order valence-corrected chi connectivity index (χ1v) is 34.8. The Labute approximate surface area is 567 Å². The van der Waals surface area contributed by atoms with E-state index in [2.05, 4.69) is 26.2 Å². The molecule has 3 aliphatic rings. The van der Waals surface area contributed by atoms with E-state index in [0.29, 0.717) is 26.1 Å². The van der Waals surface area contributed by atoms with E-state index >= 15 is 19.2 Å². The second-order valence-corrected chi connectivity index (χ2v) is 28.6. The Balaban J connectivity index is 2.29. The predicted molar refractivity (Wildman–Crippen MR) is 363 cm³/mol. The van der Waals surface area contributed by atoms with E-state index in [0.717, 1.165) is 37.5 Å². The molecule has 3 aliphatic heterocycles. The lowest BCUT2D eigenvalue weighted by molar-refractivity contribution is -0.321. The van der Waals surface area contributed by atoms with Crippen molar-refractivity contribution < 1.29 is 67.1 Å². The fourth-order valence-electron chi connectivity index (χ4n) is 12.5. The molecule has 0 spiro atoms. The zero-order valence-electron chi connectivity index (χ0n) is 61.8. The Hall–Kier alpha value is -6.25. The quantitative estimate of drug-likeness (QED) is 0.0995. The van der Waals surface area contributed by atoms with Crippen molar-refractivity contribution in [3.63, 3.8) is 0 Å².